The summed E-state index contributed by atoms with van der Waals surface area (Å²) in [4.78, 5) is 30.6. The number of nitrogens with zero attached hydrogens (tertiary/aromatic N) is 6. The van der Waals surface area contributed by atoms with Crippen LogP contribution < -0.4 is 20.7 Å². The van der Waals surface area contributed by atoms with E-state index in [1.54, 1.807) is 18.6 Å². The number of hydrogen-bond donors (Lipinski definition) is 2. The fourth-order valence-corrected chi connectivity index (χ4v) is 6.87. The third-order valence-corrected chi connectivity index (χ3v) is 9.53. The number of unbranched alkanes of at least 4 members (excludes halogenated alkanes) is 2. The summed E-state index contributed by atoms with van der Waals surface area (Å²) < 4.78 is 5.85. The molecule has 10 heteroatoms. The van der Waals surface area contributed by atoms with E-state index < -0.39 is 0 Å². The maximum absolute atomic E-state index is 12.9. The molecule has 10 nitrogen and oxygen atoms in total. The molecule has 0 unspecified atom stereocenters. The van der Waals surface area contributed by atoms with Gasteiger partial charge in [0.1, 0.15) is 12.7 Å². The van der Waals surface area contributed by atoms with Crippen molar-refractivity contribution in [3.05, 3.63) is 120 Å². The van der Waals surface area contributed by atoms with Crippen molar-refractivity contribution >= 4 is 17.4 Å². The summed E-state index contributed by atoms with van der Waals surface area (Å²) in [5.41, 5.74) is 14.6. The zero-order valence-corrected chi connectivity index (χ0v) is 28.0. The van der Waals surface area contributed by atoms with Crippen LogP contribution in [0.1, 0.15) is 54.0 Å². The van der Waals surface area contributed by atoms with Crippen LogP contribution in [-0.4, -0.2) is 58.5 Å². The van der Waals surface area contributed by atoms with E-state index >= 15 is 0 Å². The maximum Gasteiger partial charge on any atom is 0.258 e. The van der Waals surface area contributed by atoms with E-state index in [4.69, 9.17) is 10.5 Å². The smallest absolute Gasteiger partial charge is 0.258 e. The van der Waals surface area contributed by atoms with Gasteiger partial charge in [-0.1, -0.05) is 61.0 Å². The number of fused-ring (bicyclic) bond motifs is 3. The lowest BCUT2D eigenvalue weighted by Crippen LogP contribution is -2.46. The predicted molar refractivity (Wildman–Crippen MR) is 194 cm³/mol. The van der Waals surface area contributed by atoms with Crippen LogP contribution in [0.3, 0.4) is 0 Å². The third-order valence-electron chi connectivity index (χ3n) is 9.53. The number of pyridine rings is 1. The number of aromatic nitrogens is 3. The van der Waals surface area contributed by atoms with Gasteiger partial charge >= 0.3 is 0 Å². The van der Waals surface area contributed by atoms with Crippen LogP contribution in [0, 0.1) is 11.3 Å². The van der Waals surface area contributed by atoms with Crippen LogP contribution in [0.2, 0.25) is 0 Å². The highest BCUT2D eigenvalue weighted by Crippen LogP contribution is 2.43. The standard InChI is InChI=1S/C40H40N8O2/c41-25-30-24-29(35-26-44-39(42)40(45-35)50-27-28-15-17-43-18-16-28)13-14-36(30)48-22-20-47(21-23-48)19-7-1-2-12-37(49)46-38-33-10-5-3-8-31(33)32-9-4-6-11-34(32)38/h3-6,8-11,13-18,24,26,38H,1-2,7,12,19-23,27H2,(H2,42,44)(H,46,49). The van der Waals surface area contributed by atoms with E-state index in [-0.39, 0.29) is 23.6 Å². The summed E-state index contributed by atoms with van der Waals surface area (Å²) in [7, 11) is 0. The number of rotatable bonds is 12. The highest BCUT2D eigenvalue weighted by atomic mass is 16.5. The number of benzene rings is 3. The summed E-state index contributed by atoms with van der Waals surface area (Å²) in [6, 6.07) is 28.5. The van der Waals surface area contributed by atoms with Gasteiger partial charge in [-0.2, -0.15) is 5.26 Å². The van der Waals surface area contributed by atoms with Gasteiger partial charge in [-0.15, -0.1) is 0 Å². The van der Waals surface area contributed by atoms with Crippen LogP contribution in [0.4, 0.5) is 11.5 Å². The number of ether oxygens (including phenoxy) is 1. The SMILES string of the molecule is N#Cc1cc(-c2cnc(N)c(OCc3ccncc3)n2)ccc1N1CCN(CCCCCC(=O)NC2c3ccccc3-c3ccccc32)CC1. The van der Waals surface area contributed by atoms with E-state index in [0.29, 0.717) is 24.3 Å². The minimum absolute atomic E-state index is 0.0776. The van der Waals surface area contributed by atoms with Gasteiger partial charge in [0.2, 0.25) is 5.91 Å². The van der Waals surface area contributed by atoms with E-state index in [2.05, 4.69) is 72.5 Å². The summed E-state index contributed by atoms with van der Waals surface area (Å²) in [6.45, 7) is 4.84. The molecule has 5 aromatic rings. The van der Waals surface area contributed by atoms with Crippen LogP contribution >= 0.6 is 0 Å². The van der Waals surface area contributed by atoms with Gasteiger partial charge in [-0.05, 0) is 71.5 Å². The molecule has 1 saturated heterocycles. The molecule has 50 heavy (non-hydrogen) atoms. The highest BCUT2D eigenvalue weighted by molar-refractivity contribution is 5.83. The number of amides is 1. The second-order valence-corrected chi connectivity index (χ2v) is 12.7. The van der Waals surface area contributed by atoms with Crippen molar-refractivity contribution in [2.24, 2.45) is 0 Å². The second kappa shape index (κ2) is 15.2. The lowest BCUT2D eigenvalue weighted by Gasteiger charge is -2.36. The molecule has 1 aliphatic carbocycles. The summed E-state index contributed by atoms with van der Waals surface area (Å²) in [6.07, 6.45) is 8.48. The number of nitrogen functional groups attached to an aromatic ring is 1. The largest absolute Gasteiger partial charge is 0.470 e. The Labute approximate surface area is 292 Å². The first-order valence-electron chi connectivity index (χ1n) is 17.2. The van der Waals surface area contributed by atoms with Crippen molar-refractivity contribution in [3.63, 3.8) is 0 Å². The molecule has 0 radical (unpaired) electrons. The molecule has 1 aliphatic heterocycles. The minimum atomic E-state index is -0.0776. The summed E-state index contributed by atoms with van der Waals surface area (Å²) in [5.74, 6) is 0.566. The molecule has 2 aliphatic rings. The minimum Gasteiger partial charge on any atom is -0.470 e. The Morgan fingerprint density at radius 3 is 2.36 bits per heavy atom. The van der Waals surface area contributed by atoms with Crippen LogP contribution in [0.25, 0.3) is 22.4 Å². The fourth-order valence-electron chi connectivity index (χ4n) is 6.87. The molecule has 0 bridgehead atoms. The zero-order chi connectivity index (χ0) is 34.3. The van der Waals surface area contributed by atoms with Crippen molar-refractivity contribution in [1.29, 1.82) is 5.26 Å². The second-order valence-electron chi connectivity index (χ2n) is 12.7. The Morgan fingerprint density at radius 2 is 1.64 bits per heavy atom. The molecule has 3 aromatic carbocycles. The molecular formula is C40H40N8O2. The first kappa shape index (κ1) is 32.7. The molecule has 0 atom stereocenters. The molecular weight excluding hydrogens is 624 g/mol. The summed E-state index contributed by atoms with van der Waals surface area (Å²) in [5, 5.41) is 13.3. The average Bonchev–Trinajstić information content (AvgIpc) is 3.48. The predicted octanol–water partition coefficient (Wildman–Crippen LogP) is 6.14. The molecule has 1 amide bonds. The lowest BCUT2D eigenvalue weighted by molar-refractivity contribution is -0.121. The lowest BCUT2D eigenvalue weighted by atomic mass is 10.0. The Kier molecular flexibility index (Phi) is 9.94. The van der Waals surface area contributed by atoms with Crippen molar-refractivity contribution in [2.75, 3.05) is 43.4 Å². The van der Waals surface area contributed by atoms with E-state index in [1.807, 2.05) is 42.5 Å². The number of anilines is 2. The molecule has 1 fully saturated rings. The quantitative estimate of drug-likeness (QED) is 0.151. The van der Waals surface area contributed by atoms with Gasteiger partial charge in [0, 0.05) is 50.6 Å². The third kappa shape index (κ3) is 7.28. The molecule has 7 rings (SSSR count). The topological polar surface area (TPSA) is 133 Å². The number of nitriles is 1. The van der Waals surface area contributed by atoms with Gasteiger partial charge in [-0.3, -0.25) is 14.7 Å². The monoisotopic (exact) mass is 664 g/mol. The van der Waals surface area contributed by atoms with Gasteiger partial charge in [0.05, 0.1) is 29.2 Å². The van der Waals surface area contributed by atoms with Crippen LogP contribution in [-0.2, 0) is 11.4 Å². The van der Waals surface area contributed by atoms with E-state index in [1.165, 1.54) is 22.3 Å². The van der Waals surface area contributed by atoms with Crippen molar-refractivity contribution in [3.8, 4) is 34.3 Å². The Morgan fingerprint density at radius 1 is 0.920 bits per heavy atom. The average molecular weight is 665 g/mol. The number of piperazine rings is 1. The van der Waals surface area contributed by atoms with Crippen molar-refractivity contribution < 1.29 is 9.53 Å². The highest BCUT2D eigenvalue weighted by Gasteiger charge is 2.29. The van der Waals surface area contributed by atoms with Gasteiger partial charge in [-0.25, -0.2) is 9.97 Å². The van der Waals surface area contributed by atoms with Crippen LogP contribution in [0.5, 0.6) is 5.88 Å². The van der Waals surface area contributed by atoms with Gasteiger partial charge < -0.3 is 20.7 Å². The Hall–Kier alpha value is -5.79. The van der Waals surface area contributed by atoms with Crippen molar-refractivity contribution in [2.45, 2.75) is 38.3 Å². The Bertz CT molecular complexity index is 1960. The summed E-state index contributed by atoms with van der Waals surface area (Å²) >= 11 is 0. The molecule has 3 heterocycles. The first-order valence-corrected chi connectivity index (χ1v) is 17.2. The van der Waals surface area contributed by atoms with Gasteiger partial charge in [0.25, 0.3) is 5.88 Å². The number of nitrogens with two attached hydrogens (primary N) is 1. The zero-order valence-electron chi connectivity index (χ0n) is 28.0. The molecule has 252 valence electrons. The van der Waals surface area contributed by atoms with E-state index in [0.717, 1.165) is 68.8 Å². The van der Waals surface area contributed by atoms with Crippen LogP contribution in [0.15, 0.2) is 97.5 Å². The van der Waals surface area contributed by atoms with Gasteiger partial charge in [0.15, 0.2) is 5.82 Å². The normalized spacial score (nSPS) is 14.1. The Balaban J connectivity index is 0.864. The molecule has 2 aromatic heterocycles. The van der Waals surface area contributed by atoms with Crippen molar-refractivity contribution in [1.82, 2.24) is 25.2 Å². The number of nitrogens with one attached hydrogen (secondary N) is 1. The number of hydrogen-bond acceptors (Lipinski definition) is 9. The number of carbonyl (C=O) groups excluding carboxylic acids is 1. The maximum atomic E-state index is 12.9. The molecule has 3 N–H and O–H groups in total. The fraction of sp³-hybridized carbons (Fsp3) is 0.275. The first-order chi connectivity index (χ1) is 24.6. The molecule has 0 spiro atoms. The van der Waals surface area contributed by atoms with E-state index in [9.17, 15) is 10.1 Å². The molecule has 0 saturated carbocycles. The number of carbonyl (C=O) groups is 1.